The molecule has 120 valence electrons. The molecule has 0 saturated heterocycles. The van der Waals surface area contributed by atoms with Gasteiger partial charge in [0.2, 0.25) is 5.91 Å². The van der Waals surface area contributed by atoms with E-state index in [1.165, 1.54) is 0 Å². The summed E-state index contributed by atoms with van der Waals surface area (Å²) in [7, 11) is 1.84. The number of thiol groups is 1. The first-order valence-electron chi connectivity index (χ1n) is 7.52. The molecule has 2 atom stereocenters. The highest BCUT2D eigenvalue weighted by molar-refractivity contribution is 7.98. The Hall–Kier alpha value is -1.54. The van der Waals surface area contributed by atoms with Crippen molar-refractivity contribution in [3.05, 3.63) is 29.8 Å². The summed E-state index contributed by atoms with van der Waals surface area (Å²) >= 11 is 6.25. The van der Waals surface area contributed by atoms with Gasteiger partial charge in [-0.05, 0) is 12.3 Å². The monoisotopic (exact) mass is 348 g/mol. The Bertz CT molecular complexity index is 790. The zero-order valence-corrected chi connectivity index (χ0v) is 14.7. The molecule has 1 fully saturated rings. The summed E-state index contributed by atoms with van der Waals surface area (Å²) in [6.07, 6.45) is 4.83. The number of fused-ring (bicyclic) bond motifs is 1. The second-order valence-corrected chi connectivity index (χ2v) is 7.30. The maximum absolute atomic E-state index is 12.0. The van der Waals surface area contributed by atoms with Crippen molar-refractivity contribution >= 4 is 30.3 Å². The first-order chi connectivity index (χ1) is 11.1. The lowest BCUT2D eigenvalue weighted by molar-refractivity contribution is -0.810. The van der Waals surface area contributed by atoms with Crippen molar-refractivity contribution in [3.63, 3.8) is 0 Å². The van der Waals surface area contributed by atoms with E-state index in [0.717, 1.165) is 28.0 Å². The van der Waals surface area contributed by atoms with E-state index in [2.05, 4.69) is 38.0 Å². The summed E-state index contributed by atoms with van der Waals surface area (Å²) in [6.45, 7) is 1.01. The summed E-state index contributed by atoms with van der Waals surface area (Å²) in [4.78, 5) is 22.8. The first-order valence-corrected chi connectivity index (χ1v) is 9.19. The lowest BCUT2D eigenvalue weighted by Gasteiger charge is -2.22. The van der Waals surface area contributed by atoms with E-state index in [1.54, 1.807) is 16.7 Å². The molecule has 23 heavy (non-hydrogen) atoms. The Morgan fingerprint density at radius 3 is 3.04 bits per heavy atom. The van der Waals surface area contributed by atoms with Crippen molar-refractivity contribution in [1.82, 2.24) is 19.5 Å². The number of hydrogen-bond acceptors (Lipinski definition) is 5. The van der Waals surface area contributed by atoms with Crippen LogP contribution < -0.4 is 4.68 Å². The van der Waals surface area contributed by atoms with Crippen molar-refractivity contribution in [2.24, 2.45) is 0 Å². The molecule has 2 unspecified atom stereocenters. The van der Waals surface area contributed by atoms with Crippen molar-refractivity contribution < 1.29 is 9.48 Å². The highest BCUT2D eigenvalue weighted by Crippen LogP contribution is 2.47. The predicted octanol–water partition coefficient (Wildman–Crippen LogP) is 1.28. The van der Waals surface area contributed by atoms with Gasteiger partial charge in [0.25, 0.3) is 5.03 Å². The quantitative estimate of drug-likeness (QED) is 0.393. The largest absolute Gasteiger partial charge is 0.338 e. The van der Waals surface area contributed by atoms with Gasteiger partial charge >= 0.3 is 0 Å². The molecule has 6 nitrogen and oxygen atoms in total. The molecular formula is C15H18N5OS2+. The van der Waals surface area contributed by atoms with E-state index in [0.29, 0.717) is 19.0 Å². The van der Waals surface area contributed by atoms with E-state index in [1.807, 2.05) is 25.6 Å². The Balaban J connectivity index is 1.64. The normalized spacial score (nSPS) is 23.1. The summed E-state index contributed by atoms with van der Waals surface area (Å²) in [5, 5.41) is 1.89. The average Bonchev–Trinajstić information content (AvgIpc) is 3.26. The van der Waals surface area contributed by atoms with Gasteiger partial charge in [0.1, 0.15) is 11.5 Å². The Morgan fingerprint density at radius 2 is 2.26 bits per heavy atom. The number of carbonyl (C=O) groups excluding carboxylic acids is 1. The molecule has 2 aromatic heterocycles. The summed E-state index contributed by atoms with van der Waals surface area (Å²) in [5.41, 5.74) is 1.13. The molecule has 0 radical (unpaired) electrons. The number of likely N-dealkylation sites (N-methyl/N-ethyl adjacent to an activating group) is 1. The van der Waals surface area contributed by atoms with E-state index < -0.39 is 0 Å². The van der Waals surface area contributed by atoms with Crippen LogP contribution in [0.3, 0.4) is 0 Å². The summed E-state index contributed by atoms with van der Waals surface area (Å²) in [6, 6.07) is 4.27. The van der Waals surface area contributed by atoms with Gasteiger partial charge in [0, 0.05) is 25.7 Å². The molecule has 1 aliphatic heterocycles. The third kappa shape index (κ3) is 2.53. The minimum Gasteiger partial charge on any atom is -0.338 e. The molecule has 2 aliphatic rings. The second kappa shape index (κ2) is 5.52. The Kier molecular flexibility index (Phi) is 3.60. The minimum atomic E-state index is 0.132. The van der Waals surface area contributed by atoms with Gasteiger partial charge in [-0.3, -0.25) is 4.79 Å². The Morgan fingerprint density at radius 1 is 1.43 bits per heavy atom. The number of thioether (sulfide) groups is 1. The molecule has 2 aromatic rings. The number of hydrogen-bond donors (Lipinski definition) is 1. The molecule has 0 bridgehead atoms. The smallest absolute Gasteiger partial charge is 0.263 e. The first kappa shape index (κ1) is 15.0. The van der Waals surface area contributed by atoms with Crippen LogP contribution in [-0.4, -0.2) is 38.8 Å². The highest BCUT2D eigenvalue weighted by Gasteiger charge is 2.53. The van der Waals surface area contributed by atoms with Gasteiger partial charge in [-0.15, -0.1) is 16.4 Å². The third-order valence-corrected chi connectivity index (χ3v) is 5.47. The zero-order valence-electron chi connectivity index (χ0n) is 13.0. The van der Waals surface area contributed by atoms with Gasteiger partial charge in [0.15, 0.2) is 12.6 Å². The average molecular weight is 348 g/mol. The van der Waals surface area contributed by atoms with E-state index >= 15 is 0 Å². The standard InChI is InChI=1S/C15H17N5OS2/c1-18-7-9-5-14(22)20(19(9)8-13(18)21)11-6-10(11)15-16-4-3-12(17-15)23-2/h3-5,10-11H,6-8H2,1-2H3/p+1. The fraction of sp³-hybridized carbons (Fsp3) is 0.467. The van der Waals surface area contributed by atoms with Crippen LogP contribution in [0.2, 0.25) is 0 Å². The third-order valence-electron chi connectivity index (χ3n) is 4.49. The number of amides is 1. The van der Waals surface area contributed by atoms with Gasteiger partial charge in [0.05, 0.1) is 17.5 Å². The van der Waals surface area contributed by atoms with Crippen LogP contribution in [0.15, 0.2) is 28.4 Å². The summed E-state index contributed by atoms with van der Waals surface area (Å²) < 4.78 is 4.21. The van der Waals surface area contributed by atoms with Gasteiger partial charge in [-0.1, -0.05) is 17.3 Å². The number of nitrogens with zero attached hydrogens (tertiary/aromatic N) is 5. The maximum Gasteiger partial charge on any atom is 0.263 e. The van der Waals surface area contributed by atoms with Crippen molar-refractivity contribution in [1.29, 1.82) is 0 Å². The molecule has 1 saturated carbocycles. The summed E-state index contributed by atoms with van der Waals surface area (Å²) in [5.74, 6) is 1.32. The SMILES string of the molecule is CSc1ccnc(C2CC2[n+]2c(S)cc3n2CC(=O)N(C)C3)n1. The molecule has 1 aliphatic carbocycles. The van der Waals surface area contributed by atoms with Crippen LogP contribution in [0.4, 0.5) is 0 Å². The lowest BCUT2D eigenvalue weighted by Crippen LogP contribution is -2.50. The zero-order chi connectivity index (χ0) is 16.1. The maximum atomic E-state index is 12.0. The van der Waals surface area contributed by atoms with E-state index in [-0.39, 0.29) is 11.9 Å². The van der Waals surface area contributed by atoms with Crippen LogP contribution in [0.25, 0.3) is 0 Å². The molecule has 0 spiro atoms. The molecule has 1 amide bonds. The topological polar surface area (TPSA) is 54.9 Å². The van der Waals surface area contributed by atoms with Crippen molar-refractivity contribution in [2.75, 3.05) is 13.3 Å². The molecule has 3 heterocycles. The predicted molar refractivity (Wildman–Crippen MR) is 88.6 cm³/mol. The van der Waals surface area contributed by atoms with Crippen molar-refractivity contribution in [2.45, 2.75) is 41.5 Å². The molecule has 8 heteroatoms. The van der Waals surface area contributed by atoms with Crippen LogP contribution in [-0.2, 0) is 17.9 Å². The van der Waals surface area contributed by atoms with Crippen LogP contribution in [0.5, 0.6) is 0 Å². The fourth-order valence-corrected chi connectivity index (χ4v) is 3.95. The number of carbonyl (C=O) groups is 1. The highest BCUT2D eigenvalue weighted by atomic mass is 32.2. The molecular weight excluding hydrogens is 330 g/mol. The van der Waals surface area contributed by atoms with Crippen molar-refractivity contribution in [3.8, 4) is 0 Å². The fourth-order valence-electron chi connectivity index (χ4n) is 3.16. The number of rotatable bonds is 3. The lowest BCUT2D eigenvalue weighted by atomic mass is 10.3. The second-order valence-electron chi connectivity index (χ2n) is 6.01. The molecule has 4 rings (SSSR count). The Labute approximate surface area is 144 Å². The van der Waals surface area contributed by atoms with Gasteiger partial charge < -0.3 is 4.90 Å². The van der Waals surface area contributed by atoms with Crippen LogP contribution in [0.1, 0.15) is 29.9 Å². The van der Waals surface area contributed by atoms with Crippen LogP contribution >= 0.6 is 24.4 Å². The van der Waals surface area contributed by atoms with Gasteiger partial charge in [-0.2, -0.15) is 0 Å². The van der Waals surface area contributed by atoms with E-state index in [4.69, 9.17) is 0 Å². The molecule has 0 N–H and O–H groups in total. The molecule has 0 aromatic carbocycles. The van der Waals surface area contributed by atoms with Gasteiger partial charge in [-0.25, -0.2) is 9.97 Å². The minimum absolute atomic E-state index is 0.132. The van der Waals surface area contributed by atoms with Crippen LogP contribution in [0, 0.1) is 0 Å². The number of aromatic nitrogens is 4. The van der Waals surface area contributed by atoms with E-state index in [9.17, 15) is 4.79 Å².